The molecule has 2 heterocycles. The number of amides is 2. The number of nitrogens with one attached hydrogen (secondary N) is 2. The summed E-state index contributed by atoms with van der Waals surface area (Å²) in [6.45, 7) is 0. The van der Waals surface area contributed by atoms with Gasteiger partial charge in [-0.25, -0.2) is 0 Å². The molecular weight excluding hydrogens is 284 g/mol. The van der Waals surface area contributed by atoms with E-state index in [0.29, 0.717) is 5.57 Å². The van der Waals surface area contributed by atoms with Gasteiger partial charge in [-0.1, -0.05) is 22.0 Å². The summed E-state index contributed by atoms with van der Waals surface area (Å²) in [5.74, 6) is -0.724. The fraction of sp³-hybridized carbons (Fsp3) is 0. The van der Waals surface area contributed by atoms with Gasteiger partial charge in [0.15, 0.2) is 0 Å². The van der Waals surface area contributed by atoms with Crippen LogP contribution in [0, 0.1) is 0 Å². The van der Waals surface area contributed by atoms with Gasteiger partial charge in [-0.3, -0.25) is 14.9 Å². The summed E-state index contributed by atoms with van der Waals surface area (Å²) < 4.78 is 0.888. The van der Waals surface area contributed by atoms with E-state index >= 15 is 0 Å². The zero-order valence-corrected chi connectivity index (χ0v) is 10.2. The third-order valence-electron chi connectivity index (χ3n) is 2.70. The van der Waals surface area contributed by atoms with Crippen LogP contribution in [0.1, 0.15) is 5.56 Å². The van der Waals surface area contributed by atoms with Gasteiger partial charge in [-0.15, -0.1) is 0 Å². The second-order valence-electron chi connectivity index (χ2n) is 3.74. The standard InChI is InChI=1S/C12H7BrN2O2/c13-8-2-1-3-9-11(8)7(5-14-9)6-4-10(16)15-12(6)17/h1-5,14H,(H,15,16,17). The second-order valence-corrected chi connectivity index (χ2v) is 4.60. The molecule has 0 saturated carbocycles. The summed E-state index contributed by atoms with van der Waals surface area (Å²) in [7, 11) is 0. The Hall–Kier alpha value is -1.88. The van der Waals surface area contributed by atoms with Crippen molar-refractivity contribution >= 4 is 44.2 Å². The van der Waals surface area contributed by atoms with E-state index in [9.17, 15) is 9.59 Å². The van der Waals surface area contributed by atoms with Crippen LogP contribution in [0.2, 0.25) is 0 Å². The number of carbonyl (C=O) groups is 2. The largest absolute Gasteiger partial charge is 0.361 e. The zero-order chi connectivity index (χ0) is 12.0. The van der Waals surface area contributed by atoms with Gasteiger partial charge in [0.05, 0.1) is 5.57 Å². The van der Waals surface area contributed by atoms with Crippen molar-refractivity contribution in [3.05, 3.63) is 40.5 Å². The number of fused-ring (bicyclic) bond motifs is 1. The van der Waals surface area contributed by atoms with E-state index < -0.39 is 0 Å². The lowest BCUT2D eigenvalue weighted by molar-refractivity contribution is -0.123. The van der Waals surface area contributed by atoms with Crippen LogP contribution in [0.5, 0.6) is 0 Å². The fourth-order valence-corrected chi connectivity index (χ4v) is 2.54. The number of rotatable bonds is 1. The molecule has 0 atom stereocenters. The van der Waals surface area contributed by atoms with Gasteiger partial charge in [-0.2, -0.15) is 0 Å². The maximum Gasteiger partial charge on any atom is 0.258 e. The van der Waals surface area contributed by atoms with Crippen molar-refractivity contribution in [2.24, 2.45) is 0 Å². The van der Waals surface area contributed by atoms with E-state index in [4.69, 9.17) is 0 Å². The van der Waals surface area contributed by atoms with Crippen molar-refractivity contribution in [3.63, 3.8) is 0 Å². The minimum absolute atomic E-state index is 0.355. The molecular formula is C12H7BrN2O2. The molecule has 0 aliphatic carbocycles. The number of carbonyl (C=O) groups excluding carboxylic acids is 2. The number of imide groups is 1. The van der Waals surface area contributed by atoms with Crippen LogP contribution in [0.3, 0.4) is 0 Å². The van der Waals surface area contributed by atoms with Crippen LogP contribution in [0.15, 0.2) is 34.9 Å². The summed E-state index contributed by atoms with van der Waals surface area (Å²) >= 11 is 3.45. The first kappa shape index (κ1) is 10.3. The maximum atomic E-state index is 11.6. The van der Waals surface area contributed by atoms with Gasteiger partial charge in [0.1, 0.15) is 0 Å². The Morgan fingerprint density at radius 1 is 1.18 bits per heavy atom. The quantitative estimate of drug-likeness (QED) is 0.789. The second kappa shape index (κ2) is 3.56. The summed E-state index contributed by atoms with van der Waals surface area (Å²) in [6.07, 6.45) is 3.06. The predicted molar refractivity (Wildman–Crippen MR) is 67.1 cm³/mol. The molecule has 2 aromatic rings. The van der Waals surface area contributed by atoms with Crippen molar-refractivity contribution < 1.29 is 9.59 Å². The van der Waals surface area contributed by atoms with Gasteiger partial charge in [0, 0.05) is 33.2 Å². The summed E-state index contributed by atoms with van der Waals surface area (Å²) in [5, 5.41) is 3.15. The summed E-state index contributed by atoms with van der Waals surface area (Å²) in [4.78, 5) is 25.8. The highest BCUT2D eigenvalue weighted by Crippen LogP contribution is 2.32. The van der Waals surface area contributed by atoms with Crippen LogP contribution in [0.25, 0.3) is 16.5 Å². The first-order valence-corrected chi connectivity index (χ1v) is 5.79. The Kier molecular flexibility index (Phi) is 2.16. The summed E-state index contributed by atoms with van der Waals surface area (Å²) in [5.41, 5.74) is 2.05. The van der Waals surface area contributed by atoms with Gasteiger partial charge in [-0.05, 0) is 12.1 Å². The Morgan fingerprint density at radius 3 is 2.71 bits per heavy atom. The molecule has 0 saturated heterocycles. The van der Waals surface area contributed by atoms with Crippen LogP contribution in [0.4, 0.5) is 0 Å². The van der Waals surface area contributed by atoms with Crippen molar-refractivity contribution in [1.82, 2.24) is 10.3 Å². The average molecular weight is 291 g/mol. The molecule has 17 heavy (non-hydrogen) atoms. The molecule has 3 rings (SSSR count). The molecule has 1 aliphatic heterocycles. The highest BCUT2D eigenvalue weighted by atomic mass is 79.9. The van der Waals surface area contributed by atoms with E-state index in [1.807, 2.05) is 18.2 Å². The van der Waals surface area contributed by atoms with Gasteiger partial charge in [0.25, 0.3) is 11.8 Å². The molecule has 5 heteroatoms. The third kappa shape index (κ3) is 1.51. The SMILES string of the molecule is O=C1C=C(c2c[nH]c3cccc(Br)c23)C(=O)N1. The molecule has 2 amide bonds. The van der Waals surface area contributed by atoms with Crippen molar-refractivity contribution in [3.8, 4) is 0 Å². The molecule has 0 spiro atoms. The predicted octanol–water partition coefficient (Wildman–Crippen LogP) is 1.97. The minimum Gasteiger partial charge on any atom is -0.361 e. The topological polar surface area (TPSA) is 62.0 Å². The molecule has 0 bridgehead atoms. The highest BCUT2D eigenvalue weighted by molar-refractivity contribution is 9.10. The van der Waals surface area contributed by atoms with Gasteiger partial charge in [0.2, 0.25) is 0 Å². The molecule has 1 aromatic carbocycles. The van der Waals surface area contributed by atoms with E-state index in [1.165, 1.54) is 6.08 Å². The minimum atomic E-state index is -0.369. The zero-order valence-electron chi connectivity index (χ0n) is 8.58. The number of benzene rings is 1. The number of H-pyrrole nitrogens is 1. The lowest BCUT2D eigenvalue weighted by Gasteiger charge is -2.00. The average Bonchev–Trinajstić information content (AvgIpc) is 2.83. The fourth-order valence-electron chi connectivity index (χ4n) is 1.96. The molecule has 2 N–H and O–H groups in total. The smallest absolute Gasteiger partial charge is 0.258 e. The maximum absolute atomic E-state index is 11.6. The van der Waals surface area contributed by atoms with Crippen LogP contribution < -0.4 is 5.32 Å². The lowest BCUT2D eigenvalue weighted by Crippen LogP contribution is -2.21. The van der Waals surface area contributed by atoms with E-state index in [1.54, 1.807) is 6.20 Å². The number of hydrogen-bond donors (Lipinski definition) is 2. The Balaban J connectivity index is 2.29. The Morgan fingerprint density at radius 2 is 2.00 bits per heavy atom. The normalized spacial score (nSPS) is 15.2. The summed E-state index contributed by atoms with van der Waals surface area (Å²) in [6, 6.07) is 5.72. The van der Waals surface area contributed by atoms with Gasteiger partial charge >= 0.3 is 0 Å². The first-order chi connectivity index (χ1) is 8.16. The van der Waals surface area contributed by atoms with Crippen LogP contribution in [-0.4, -0.2) is 16.8 Å². The molecule has 1 aliphatic rings. The van der Waals surface area contributed by atoms with Crippen LogP contribution >= 0.6 is 15.9 Å². The van der Waals surface area contributed by atoms with Crippen LogP contribution in [-0.2, 0) is 9.59 Å². The molecule has 84 valence electrons. The number of hydrogen-bond acceptors (Lipinski definition) is 2. The monoisotopic (exact) mass is 290 g/mol. The molecule has 0 unspecified atom stereocenters. The van der Waals surface area contributed by atoms with Gasteiger partial charge < -0.3 is 4.98 Å². The van der Waals surface area contributed by atoms with E-state index in [0.717, 1.165) is 20.9 Å². The van der Waals surface area contributed by atoms with Crippen molar-refractivity contribution in [2.45, 2.75) is 0 Å². The van der Waals surface area contributed by atoms with E-state index in [-0.39, 0.29) is 11.8 Å². The van der Waals surface area contributed by atoms with Crippen molar-refractivity contribution in [1.29, 1.82) is 0 Å². The number of aromatic nitrogens is 1. The lowest BCUT2D eigenvalue weighted by atomic mass is 10.1. The number of halogens is 1. The molecule has 4 nitrogen and oxygen atoms in total. The molecule has 0 fully saturated rings. The Bertz CT molecular complexity index is 685. The molecule has 1 aromatic heterocycles. The third-order valence-corrected chi connectivity index (χ3v) is 3.36. The first-order valence-electron chi connectivity index (χ1n) is 5.00. The van der Waals surface area contributed by atoms with Crippen molar-refractivity contribution in [2.75, 3.05) is 0 Å². The molecule has 0 radical (unpaired) electrons. The number of aromatic amines is 1. The van der Waals surface area contributed by atoms with E-state index in [2.05, 4.69) is 26.2 Å². The Labute approximate surface area is 105 Å². The highest BCUT2D eigenvalue weighted by Gasteiger charge is 2.24.